The first-order valence-electron chi connectivity index (χ1n) is 4.61. The lowest BCUT2D eigenvalue weighted by atomic mass is 9.66. The molecule has 76 valence electrons. The molecule has 1 saturated carbocycles. The summed E-state index contributed by atoms with van der Waals surface area (Å²) in [5.74, 6) is -0.0296. The average molecular weight is 186 g/mol. The highest BCUT2D eigenvalue weighted by atomic mass is 16.3. The molecule has 0 aromatic rings. The summed E-state index contributed by atoms with van der Waals surface area (Å²) in [6.07, 6.45) is 0.583. The maximum Gasteiger partial charge on any atom is 0.0751 e. The van der Waals surface area contributed by atoms with Gasteiger partial charge < -0.3 is 15.3 Å². The van der Waals surface area contributed by atoms with Gasteiger partial charge in [0, 0.05) is 13.2 Å². The lowest BCUT2D eigenvalue weighted by Crippen LogP contribution is -2.41. The molecule has 3 nitrogen and oxygen atoms in total. The predicted octanol–water partition coefficient (Wildman–Crippen LogP) is 0.304. The molecular weight excluding hydrogens is 168 g/mol. The molecule has 3 atom stereocenters. The van der Waals surface area contributed by atoms with Crippen molar-refractivity contribution >= 4 is 0 Å². The fourth-order valence-corrected chi connectivity index (χ4v) is 1.98. The summed E-state index contributed by atoms with van der Waals surface area (Å²) in [6, 6.07) is 0. The van der Waals surface area contributed by atoms with Crippen molar-refractivity contribution in [2.75, 3.05) is 13.2 Å². The van der Waals surface area contributed by atoms with Crippen LogP contribution in [0.1, 0.15) is 19.8 Å². The van der Waals surface area contributed by atoms with Crippen LogP contribution in [0.4, 0.5) is 0 Å². The van der Waals surface area contributed by atoms with Crippen LogP contribution in [0.15, 0.2) is 12.2 Å². The second-order valence-electron chi connectivity index (χ2n) is 4.28. The third-order valence-electron chi connectivity index (χ3n) is 3.18. The molecule has 1 fully saturated rings. The highest BCUT2D eigenvalue weighted by Gasteiger charge is 2.40. The van der Waals surface area contributed by atoms with E-state index in [4.69, 9.17) is 5.11 Å². The second kappa shape index (κ2) is 3.78. The normalized spacial score (nSPS) is 40.8. The number of rotatable bonds is 2. The highest BCUT2D eigenvalue weighted by Crippen LogP contribution is 2.42. The molecule has 3 N–H and O–H groups in total. The standard InChI is InChI=1S/C10H18O3/c1-7-4-10(2,6-12)8(5-11)3-9(7)13/h8-9,11-13H,1,3-6H2,2H3/t8-,9+,10-/m0/s1. The Balaban J connectivity index is 2.78. The van der Waals surface area contributed by atoms with Gasteiger partial charge in [-0.15, -0.1) is 0 Å². The zero-order valence-electron chi connectivity index (χ0n) is 8.03. The van der Waals surface area contributed by atoms with E-state index in [-0.39, 0.29) is 24.5 Å². The number of hydrogen-bond donors (Lipinski definition) is 3. The Morgan fingerprint density at radius 3 is 2.62 bits per heavy atom. The van der Waals surface area contributed by atoms with Crippen molar-refractivity contribution in [1.82, 2.24) is 0 Å². The number of aliphatic hydroxyl groups excluding tert-OH is 3. The average Bonchev–Trinajstić information content (AvgIpc) is 2.11. The van der Waals surface area contributed by atoms with Crippen LogP contribution in [0, 0.1) is 11.3 Å². The summed E-state index contributed by atoms with van der Waals surface area (Å²) in [5.41, 5.74) is 0.451. The first-order valence-corrected chi connectivity index (χ1v) is 4.61. The van der Waals surface area contributed by atoms with Crippen LogP contribution in [-0.2, 0) is 0 Å². The molecule has 0 unspecified atom stereocenters. The van der Waals surface area contributed by atoms with E-state index in [9.17, 15) is 10.2 Å². The van der Waals surface area contributed by atoms with Gasteiger partial charge in [0.15, 0.2) is 0 Å². The molecule has 0 saturated heterocycles. The predicted molar refractivity (Wildman–Crippen MR) is 50.1 cm³/mol. The lowest BCUT2D eigenvalue weighted by Gasteiger charge is -2.42. The first kappa shape index (κ1) is 10.7. The SMILES string of the molecule is C=C1C[C@@](C)(CO)[C@H](CO)C[C@H]1O. The third kappa shape index (κ3) is 1.93. The Morgan fingerprint density at radius 1 is 1.54 bits per heavy atom. The molecular formula is C10H18O3. The molecule has 0 spiro atoms. The van der Waals surface area contributed by atoms with Gasteiger partial charge in [-0.3, -0.25) is 0 Å². The summed E-state index contributed by atoms with van der Waals surface area (Å²) in [4.78, 5) is 0. The fraction of sp³-hybridized carbons (Fsp3) is 0.800. The van der Waals surface area contributed by atoms with Gasteiger partial charge in [0.2, 0.25) is 0 Å². The summed E-state index contributed by atoms with van der Waals surface area (Å²) < 4.78 is 0. The molecule has 0 radical (unpaired) electrons. The van der Waals surface area contributed by atoms with Gasteiger partial charge in [-0.2, -0.15) is 0 Å². The molecule has 3 heteroatoms. The zero-order chi connectivity index (χ0) is 10.1. The van der Waals surface area contributed by atoms with E-state index in [0.717, 1.165) is 5.57 Å². The van der Waals surface area contributed by atoms with Crippen LogP contribution < -0.4 is 0 Å². The summed E-state index contributed by atoms with van der Waals surface area (Å²) in [5, 5.41) is 27.8. The van der Waals surface area contributed by atoms with Crippen LogP contribution in [0.2, 0.25) is 0 Å². The van der Waals surface area contributed by atoms with Gasteiger partial charge in [0.25, 0.3) is 0 Å². The Morgan fingerprint density at radius 2 is 2.15 bits per heavy atom. The van der Waals surface area contributed by atoms with Crippen molar-refractivity contribution in [3.63, 3.8) is 0 Å². The van der Waals surface area contributed by atoms with Gasteiger partial charge in [0.05, 0.1) is 6.10 Å². The molecule has 0 amide bonds. The van der Waals surface area contributed by atoms with Gasteiger partial charge in [0.1, 0.15) is 0 Å². The highest BCUT2D eigenvalue weighted by molar-refractivity contribution is 5.11. The number of aliphatic hydroxyl groups is 3. The maximum absolute atomic E-state index is 9.51. The quantitative estimate of drug-likeness (QED) is 0.544. The minimum Gasteiger partial charge on any atom is -0.396 e. The molecule has 13 heavy (non-hydrogen) atoms. The van der Waals surface area contributed by atoms with Crippen LogP contribution in [-0.4, -0.2) is 34.6 Å². The van der Waals surface area contributed by atoms with Crippen molar-refractivity contribution in [2.45, 2.75) is 25.9 Å². The topological polar surface area (TPSA) is 60.7 Å². The van der Waals surface area contributed by atoms with E-state index in [2.05, 4.69) is 6.58 Å². The van der Waals surface area contributed by atoms with Crippen LogP contribution >= 0.6 is 0 Å². The van der Waals surface area contributed by atoms with Crippen molar-refractivity contribution in [3.8, 4) is 0 Å². The minimum atomic E-state index is -0.517. The Labute approximate surface area is 78.7 Å². The molecule has 1 rings (SSSR count). The van der Waals surface area contributed by atoms with Gasteiger partial charge in [-0.1, -0.05) is 13.5 Å². The zero-order valence-corrected chi connectivity index (χ0v) is 8.03. The first-order chi connectivity index (χ1) is 6.03. The molecule has 0 bridgehead atoms. The van der Waals surface area contributed by atoms with E-state index in [1.54, 1.807) is 0 Å². The van der Waals surface area contributed by atoms with Crippen molar-refractivity contribution < 1.29 is 15.3 Å². The smallest absolute Gasteiger partial charge is 0.0751 e. The molecule has 0 aromatic carbocycles. The Hall–Kier alpha value is -0.380. The number of hydrogen-bond acceptors (Lipinski definition) is 3. The second-order valence-corrected chi connectivity index (χ2v) is 4.28. The van der Waals surface area contributed by atoms with Crippen molar-refractivity contribution in [1.29, 1.82) is 0 Å². The van der Waals surface area contributed by atoms with E-state index in [0.29, 0.717) is 12.8 Å². The summed E-state index contributed by atoms with van der Waals surface area (Å²) in [6.45, 7) is 5.73. The maximum atomic E-state index is 9.51. The van der Waals surface area contributed by atoms with E-state index in [1.165, 1.54) is 0 Å². The fourth-order valence-electron chi connectivity index (χ4n) is 1.98. The van der Waals surface area contributed by atoms with Crippen LogP contribution in [0.25, 0.3) is 0 Å². The molecule has 0 heterocycles. The van der Waals surface area contributed by atoms with Gasteiger partial charge in [-0.25, -0.2) is 0 Å². The lowest BCUT2D eigenvalue weighted by molar-refractivity contribution is -0.0101. The largest absolute Gasteiger partial charge is 0.396 e. The molecule has 0 aliphatic heterocycles. The van der Waals surface area contributed by atoms with E-state index in [1.807, 2.05) is 6.92 Å². The van der Waals surface area contributed by atoms with E-state index < -0.39 is 6.10 Å². The minimum absolute atomic E-state index is 0.0153. The Bertz CT molecular complexity index is 202. The molecule has 1 aliphatic carbocycles. The van der Waals surface area contributed by atoms with Gasteiger partial charge >= 0.3 is 0 Å². The third-order valence-corrected chi connectivity index (χ3v) is 3.18. The van der Waals surface area contributed by atoms with Crippen LogP contribution in [0.5, 0.6) is 0 Å². The Kier molecular flexibility index (Phi) is 3.11. The van der Waals surface area contributed by atoms with Crippen molar-refractivity contribution in [3.05, 3.63) is 12.2 Å². The monoisotopic (exact) mass is 186 g/mol. The van der Waals surface area contributed by atoms with Crippen molar-refractivity contribution in [2.24, 2.45) is 11.3 Å². The molecule has 1 aliphatic rings. The van der Waals surface area contributed by atoms with E-state index >= 15 is 0 Å². The van der Waals surface area contributed by atoms with Gasteiger partial charge in [-0.05, 0) is 29.7 Å². The summed E-state index contributed by atoms with van der Waals surface area (Å²) in [7, 11) is 0. The summed E-state index contributed by atoms with van der Waals surface area (Å²) >= 11 is 0. The molecule has 0 aromatic heterocycles. The van der Waals surface area contributed by atoms with Crippen LogP contribution in [0.3, 0.4) is 0 Å².